The van der Waals surface area contributed by atoms with E-state index in [9.17, 15) is 9.59 Å². The van der Waals surface area contributed by atoms with Crippen LogP contribution in [0.15, 0.2) is 0 Å². The van der Waals surface area contributed by atoms with Crippen LogP contribution in [-0.2, 0) is 9.59 Å². The molecule has 2 aliphatic rings. The van der Waals surface area contributed by atoms with E-state index in [1.54, 1.807) is 0 Å². The molecule has 1 aliphatic heterocycles. The minimum Gasteiger partial charge on any atom is -0.342 e. The van der Waals surface area contributed by atoms with Crippen molar-refractivity contribution in [1.29, 1.82) is 0 Å². The molecule has 2 rings (SSSR count). The Hall–Kier alpha value is -1.06. The van der Waals surface area contributed by atoms with E-state index in [4.69, 9.17) is 0 Å². The van der Waals surface area contributed by atoms with Crippen LogP contribution >= 0.6 is 0 Å². The van der Waals surface area contributed by atoms with E-state index < -0.39 is 5.54 Å². The first-order valence-electron chi connectivity index (χ1n) is 7.61. The van der Waals surface area contributed by atoms with Gasteiger partial charge in [0.2, 0.25) is 11.8 Å². The summed E-state index contributed by atoms with van der Waals surface area (Å²) in [6, 6.07) is 0.234. The number of hydrogen-bond donors (Lipinski definition) is 1. The van der Waals surface area contributed by atoms with Crippen molar-refractivity contribution in [2.75, 3.05) is 6.54 Å². The molecule has 2 unspecified atom stereocenters. The summed E-state index contributed by atoms with van der Waals surface area (Å²) in [5, 5.41) is 2.98. The van der Waals surface area contributed by atoms with E-state index in [0.717, 1.165) is 32.1 Å². The van der Waals surface area contributed by atoms with Gasteiger partial charge in [0, 0.05) is 19.0 Å². The Morgan fingerprint density at radius 2 is 2.11 bits per heavy atom. The van der Waals surface area contributed by atoms with Crippen LogP contribution < -0.4 is 5.32 Å². The molecule has 0 aromatic rings. The first-order valence-corrected chi connectivity index (χ1v) is 7.61. The van der Waals surface area contributed by atoms with Gasteiger partial charge in [-0.2, -0.15) is 0 Å². The molecule has 4 nitrogen and oxygen atoms in total. The molecule has 0 radical (unpaired) electrons. The van der Waals surface area contributed by atoms with Crippen molar-refractivity contribution < 1.29 is 9.59 Å². The minimum absolute atomic E-state index is 0.0212. The molecule has 2 amide bonds. The SMILES string of the molecule is CCCCC(C)N1CCC(=O)NC(C)(C2CC2)C1=O. The van der Waals surface area contributed by atoms with Gasteiger partial charge in [0.15, 0.2) is 0 Å². The lowest BCUT2D eigenvalue weighted by Crippen LogP contribution is -2.58. The quantitative estimate of drug-likeness (QED) is 0.828. The third-order valence-corrected chi connectivity index (χ3v) is 4.59. The standard InChI is InChI=1S/C15H26N2O2/c1-4-5-6-11(2)17-10-9-13(18)16-15(3,14(17)19)12-7-8-12/h11-12H,4-10H2,1-3H3,(H,16,18). The number of nitrogens with zero attached hydrogens (tertiary/aromatic N) is 1. The predicted octanol–water partition coefficient (Wildman–Crippen LogP) is 2.08. The zero-order valence-corrected chi connectivity index (χ0v) is 12.4. The Kier molecular flexibility index (Phi) is 4.16. The highest BCUT2D eigenvalue weighted by molar-refractivity contribution is 5.94. The van der Waals surface area contributed by atoms with Crippen LogP contribution in [0.2, 0.25) is 0 Å². The second-order valence-corrected chi connectivity index (χ2v) is 6.26. The van der Waals surface area contributed by atoms with E-state index in [1.165, 1.54) is 0 Å². The Morgan fingerprint density at radius 3 is 2.68 bits per heavy atom. The number of carbonyl (C=O) groups is 2. The van der Waals surface area contributed by atoms with Crippen LogP contribution in [0, 0.1) is 5.92 Å². The van der Waals surface area contributed by atoms with Gasteiger partial charge in [-0.3, -0.25) is 9.59 Å². The predicted molar refractivity (Wildman–Crippen MR) is 74.6 cm³/mol. The summed E-state index contributed by atoms with van der Waals surface area (Å²) in [6.07, 6.45) is 5.84. The van der Waals surface area contributed by atoms with E-state index in [1.807, 2.05) is 11.8 Å². The molecule has 1 saturated heterocycles. The maximum absolute atomic E-state index is 12.8. The van der Waals surface area contributed by atoms with Gasteiger partial charge in [-0.1, -0.05) is 19.8 Å². The molecule has 0 spiro atoms. The molecule has 1 N–H and O–H groups in total. The molecule has 19 heavy (non-hydrogen) atoms. The van der Waals surface area contributed by atoms with Crippen molar-refractivity contribution in [1.82, 2.24) is 10.2 Å². The number of carbonyl (C=O) groups excluding carboxylic acids is 2. The van der Waals surface area contributed by atoms with Gasteiger partial charge in [-0.15, -0.1) is 0 Å². The first-order chi connectivity index (χ1) is 8.99. The second-order valence-electron chi connectivity index (χ2n) is 6.26. The third kappa shape index (κ3) is 2.93. The molecule has 1 heterocycles. The summed E-state index contributed by atoms with van der Waals surface area (Å²) in [7, 11) is 0. The molecule has 108 valence electrons. The van der Waals surface area contributed by atoms with Crippen molar-refractivity contribution >= 4 is 11.8 Å². The van der Waals surface area contributed by atoms with Crippen LogP contribution in [0.4, 0.5) is 0 Å². The van der Waals surface area contributed by atoms with Gasteiger partial charge in [-0.05, 0) is 39.0 Å². The number of hydrogen-bond acceptors (Lipinski definition) is 2. The van der Waals surface area contributed by atoms with E-state index >= 15 is 0 Å². The fourth-order valence-corrected chi connectivity index (χ4v) is 3.04. The highest BCUT2D eigenvalue weighted by Gasteiger charge is 2.51. The number of nitrogens with one attached hydrogen (secondary N) is 1. The molecule has 2 atom stereocenters. The van der Waals surface area contributed by atoms with Crippen molar-refractivity contribution in [2.45, 2.75) is 70.9 Å². The summed E-state index contributed by atoms with van der Waals surface area (Å²) in [5.74, 6) is 0.486. The Morgan fingerprint density at radius 1 is 1.42 bits per heavy atom. The first kappa shape index (κ1) is 14.4. The van der Waals surface area contributed by atoms with Crippen molar-refractivity contribution in [2.24, 2.45) is 5.92 Å². The molecule has 1 saturated carbocycles. The molecule has 0 aromatic heterocycles. The lowest BCUT2D eigenvalue weighted by Gasteiger charge is -2.35. The third-order valence-electron chi connectivity index (χ3n) is 4.59. The van der Waals surface area contributed by atoms with Crippen LogP contribution in [0.25, 0.3) is 0 Å². The summed E-state index contributed by atoms with van der Waals surface area (Å²) in [6.45, 7) is 6.75. The Balaban J connectivity index is 2.14. The normalized spacial score (nSPS) is 29.9. The number of unbranched alkanes of at least 4 members (excludes halogenated alkanes) is 1. The number of rotatable bonds is 5. The zero-order valence-electron chi connectivity index (χ0n) is 12.4. The summed E-state index contributed by atoms with van der Waals surface area (Å²) in [4.78, 5) is 26.6. The maximum atomic E-state index is 12.8. The molecular weight excluding hydrogens is 240 g/mol. The highest BCUT2D eigenvalue weighted by atomic mass is 16.2. The smallest absolute Gasteiger partial charge is 0.248 e. The molecule has 0 aromatic carbocycles. The fourth-order valence-electron chi connectivity index (χ4n) is 3.04. The summed E-state index contributed by atoms with van der Waals surface area (Å²) < 4.78 is 0. The van der Waals surface area contributed by atoms with Gasteiger partial charge >= 0.3 is 0 Å². The largest absolute Gasteiger partial charge is 0.342 e. The topological polar surface area (TPSA) is 49.4 Å². The molecule has 1 aliphatic carbocycles. The van der Waals surface area contributed by atoms with Crippen LogP contribution in [0.1, 0.15) is 59.3 Å². The fraction of sp³-hybridized carbons (Fsp3) is 0.867. The van der Waals surface area contributed by atoms with Crippen molar-refractivity contribution in [3.8, 4) is 0 Å². The van der Waals surface area contributed by atoms with Crippen LogP contribution in [0.3, 0.4) is 0 Å². The monoisotopic (exact) mass is 266 g/mol. The van der Waals surface area contributed by atoms with E-state index in [-0.39, 0.29) is 17.9 Å². The average Bonchev–Trinajstić information content (AvgIpc) is 3.19. The molecule has 2 fully saturated rings. The van der Waals surface area contributed by atoms with E-state index in [0.29, 0.717) is 18.9 Å². The zero-order chi connectivity index (χ0) is 14.0. The Bertz CT molecular complexity index is 365. The molecule has 0 bridgehead atoms. The van der Waals surface area contributed by atoms with Crippen LogP contribution in [-0.4, -0.2) is 34.8 Å². The van der Waals surface area contributed by atoms with E-state index in [2.05, 4.69) is 19.2 Å². The second kappa shape index (κ2) is 5.51. The Labute approximate surface area is 115 Å². The van der Waals surface area contributed by atoms with Gasteiger partial charge in [0.1, 0.15) is 5.54 Å². The lowest BCUT2D eigenvalue weighted by molar-refractivity contribution is -0.141. The van der Waals surface area contributed by atoms with Crippen LogP contribution in [0.5, 0.6) is 0 Å². The molecular formula is C15H26N2O2. The minimum atomic E-state index is -0.659. The summed E-state index contributed by atoms with van der Waals surface area (Å²) >= 11 is 0. The van der Waals surface area contributed by atoms with Gasteiger partial charge < -0.3 is 10.2 Å². The average molecular weight is 266 g/mol. The number of amides is 2. The maximum Gasteiger partial charge on any atom is 0.248 e. The van der Waals surface area contributed by atoms with Gasteiger partial charge in [0.25, 0.3) is 0 Å². The van der Waals surface area contributed by atoms with Gasteiger partial charge in [0.05, 0.1) is 0 Å². The molecule has 4 heteroatoms. The van der Waals surface area contributed by atoms with Crippen molar-refractivity contribution in [3.63, 3.8) is 0 Å². The van der Waals surface area contributed by atoms with Gasteiger partial charge in [-0.25, -0.2) is 0 Å². The lowest BCUT2D eigenvalue weighted by atomic mass is 9.93. The highest BCUT2D eigenvalue weighted by Crippen LogP contribution is 2.41. The summed E-state index contributed by atoms with van der Waals surface area (Å²) in [5.41, 5.74) is -0.659. The van der Waals surface area contributed by atoms with Crippen molar-refractivity contribution in [3.05, 3.63) is 0 Å².